The second-order valence-corrected chi connectivity index (χ2v) is 6.17. The van der Waals surface area contributed by atoms with Crippen LogP contribution in [-0.2, 0) is 11.8 Å². The molecule has 0 saturated carbocycles. The quantitative estimate of drug-likeness (QED) is 0.717. The summed E-state index contributed by atoms with van der Waals surface area (Å²) in [5.41, 5.74) is 3.54. The summed E-state index contributed by atoms with van der Waals surface area (Å²) < 4.78 is 0. The molecular weight excluding hydrogens is 218 g/mol. The molecule has 96 valence electrons. The summed E-state index contributed by atoms with van der Waals surface area (Å²) >= 11 is 0. The molecule has 3 rings (SSSR count). The van der Waals surface area contributed by atoms with Crippen LogP contribution in [0.2, 0.25) is 0 Å². The fraction of sp³-hybridized carbons (Fsp3) is 0.529. The van der Waals surface area contributed by atoms with Gasteiger partial charge in [-0.2, -0.15) is 0 Å². The van der Waals surface area contributed by atoms with Crippen LogP contribution in [0.25, 0.3) is 0 Å². The van der Waals surface area contributed by atoms with Gasteiger partial charge in [0.05, 0.1) is 0 Å². The van der Waals surface area contributed by atoms with E-state index in [-0.39, 0.29) is 0 Å². The summed E-state index contributed by atoms with van der Waals surface area (Å²) in [6.45, 7) is 11.1. The molecule has 3 atom stereocenters. The number of nitrogens with zero attached hydrogens (tertiary/aromatic N) is 1. The van der Waals surface area contributed by atoms with Crippen LogP contribution in [0.4, 0.5) is 0 Å². The number of hydrogen-bond donors (Lipinski definition) is 0. The van der Waals surface area contributed by atoms with Gasteiger partial charge in [0.25, 0.3) is 0 Å². The van der Waals surface area contributed by atoms with E-state index in [2.05, 4.69) is 55.7 Å². The molecule has 0 spiro atoms. The van der Waals surface area contributed by atoms with Gasteiger partial charge in [0.1, 0.15) is 0 Å². The van der Waals surface area contributed by atoms with E-state index < -0.39 is 0 Å². The SMILES string of the molecule is C=CCN1CC[C@]2(C)c3ccccc3CC1[C@@H]2C. The summed E-state index contributed by atoms with van der Waals surface area (Å²) in [6, 6.07) is 9.75. The summed E-state index contributed by atoms with van der Waals surface area (Å²) in [6.07, 6.45) is 4.53. The van der Waals surface area contributed by atoms with Crippen molar-refractivity contribution in [2.75, 3.05) is 13.1 Å². The van der Waals surface area contributed by atoms with Crippen LogP contribution >= 0.6 is 0 Å². The summed E-state index contributed by atoms with van der Waals surface area (Å²) in [5, 5.41) is 0. The van der Waals surface area contributed by atoms with Crippen LogP contribution in [0.15, 0.2) is 36.9 Å². The lowest BCUT2D eigenvalue weighted by molar-refractivity contribution is 0.0400. The lowest BCUT2D eigenvalue weighted by Gasteiger charge is -2.54. The molecule has 1 aliphatic carbocycles. The molecule has 1 aromatic carbocycles. The van der Waals surface area contributed by atoms with Gasteiger partial charge in [0.2, 0.25) is 0 Å². The molecule has 18 heavy (non-hydrogen) atoms. The number of rotatable bonds is 2. The van der Waals surface area contributed by atoms with E-state index in [1.165, 1.54) is 19.4 Å². The van der Waals surface area contributed by atoms with Crippen molar-refractivity contribution in [2.24, 2.45) is 5.92 Å². The lowest BCUT2D eigenvalue weighted by Crippen LogP contribution is -2.57. The fourth-order valence-electron chi connectivity index (χ4n) is 4.07. The Labute approximate surface area is 111 Å². The maximum atomic E-state index is 3.91. The van der Waals surface area contributed by atoms with Gasteiger partial charge in [-0.15, -0.1) is 6.58 Å². The molecule has 1 aliphatic heterocycles. The lowest BCUT2D eigenvalue weighted by atomic mass is 9.59. The average Bonchev–Trinajstić information content (AvgIpc) is 2.37. The van der Waals surface area contributed by atoms with Gasteiger partial charge in [-0.1, -0.05) is 44.2 Å². The Morgan fingerprint density at radius 3 is 3.00 bits per heavy atom. The van der Waals surface area contributed by atoms with E-state index in [1.54, 1.807) is 11.1 Å². The highest BCUT2D eigenvalue weighted by molar-refractivity contribution is 5.39. The second-order valence-electron chi connectivity index (χ2n) is 6.17. The standard InChI is InChI=1S/C17H23N/c1-4-10-18-11-9-17(3)13(2)16(18)12-14-7-5-6-8-15(14)17/h4-8,13,16H,1,9-12H2,2-3H3/t13-,16?,17-/m0/s1. The van der Waals surface area contributed by atoms with Crippen molar-refractivity contribution >= 4 is 0 Å². The molecule has 0 aromatic heterocycles. The van der Waals surface area contributed by atoms with Crippen molar-refractivity contribution in [1.82, 2.24) is 4.90 Å². The topological polar surface area (TPSA) is 3.24 Å². The number of hydrogen-bond acceptors (Lipinski definition) is 1. The number of benzene rings is 1. The first-order valence-electron chi connectivity index (χ1n) is 7.10. The number of likely N-dealkylation sites (tertiary alicyclic amines) is 1. The van der Waals surface area contributed by atoms with Crippen LogP contribution in [0.1, 0.15) is 31.4 Å². The highest BCUT2D eigenvalue weighted by Gasteiger charge is 2.47. The molecule has 2 aliphatic rings. The monoisotopic (exact) mass is 241 g/mol. The zero-order chi connectivity index (χ0) is 12.8. The van der Waals surface area contributed by atoms with Crippen LogP contribution in [0.3, 0.4) is 0 Å². The molecule has 0 N–H and O–H groups in total. The Hall–Kier alpha value is -1.08. The van der Waals surface area contributed by atoms with Gasteiger partial charge < -0.3 is 0 Å². The summed E-state index contributed by atoms with van der Waals surface area (Å²) in [4.78, 5) is 2.62. The Bertz CT molecular complexity index is 464. The third-order valence-corrected chi connectivity index (χ3v) is 5.39. The number of fused-ring (bicyclic) bond motifs is 4. The highest BCUT2D eigenvalue weighted by Crippen LogP contribution is 2.48. The smallest absolute Gasteiger partial charge is 0.0173 e. The van der Waals surface area contributed by atoms with E-state index in [0.29, 0.717) is 11.5 Å². The molecule has 1 heteroatoms. The maximum Gasteiger partial charge on any atom is 0.0173 e. The Morgan fingerprint density at radius 2 is 2.22 bits per heavy atom. The largest absolute Gasteiger partial charge is 0.296 e. The van der Waals surface area contributed by atoms with Crippen molar-refractivity contribution in [3.63, 3.8) is 0 Å². The molecule has 2 bridgehead atoms. The van der Waals surface area contributed by atoms with E-state index in [9.17, 15) is 0 Å². The molecule has 1 unspecified atom stereocenters. The fourth-order valence-corrected chi connectivity index (χ4v) is 4.07. The maximum absolute atomic E-state index is 3.91. The molecule has 0 radical (unpaired) electrons. The zero-order valence-electron chi connectivity index (χ0n) is 11.5. The van der Waals surface area contributed by atoms with Gasteiger partial charge in [-0.25, -0.2) is 0 Å². The van der Waals surface area contributed by atoms with Gasteiger partial charge in [0, 0.05) is 12.6 Å². The van der Waals surface area contributed by atoms with Crippen LogP contribution in [-0.4, -0.2) is 24.0 Å². The number of piperidine rings is 1. The van der Waals surface area contributed by atoms with Crippen LogP contribution in [0, 0.1) is 5.92 Å². The molecule has 1 aromatic rings. The molecule has 1 saturated heterocycles. The molecule has 1 fully saturated rings. The van der Waals surface area contributed by atoms with Crippen molar-refractivity contribution in [3.05, 3.63) is 48.0 Å². The molecule has 0 amide bonds. The first-order valence-corrected chi connectivity index (χ1v) is 7.10. The van der Waals surface area contributed by atoms with Gasteiger partial charge >= 0.3 is 0 Å². The summed E-state index contributed by atoms with van der Waals surface area (Å²) in [5.74, 6) is 0.737. The van der Waals surface area contributed by atoms with Crippen molar-refractivity contribution in [3.8, 4) is 0 Å². The van der Waals surface area contributed by atoms with Crippen molar-refractivity contribution in [1.29, 1.82) is 0 Å². The third kappa shape index (κ3) is 1.57. The Kier molecular flexibility index (Phi) is 2.82. The molecular formula is C17H23N. The van der Waals surface area contributed by atoms with E-state index in [0.717, 1.165) is 12.5 Å². The first kappa shape index (κ1) is 12.0. The minimum Gasteiger partial charge on any atom is -0.296 e. The minimum atomic E-state index is 0.372. The normalized spacial score (nSPS) is 35.0. The predicted octanol–water partition coefficient (Wildman–Crippen LogP) is 3.40. The van der Waals surface area contributed by atoms with Crippen LogP contribution < -0.4 is 0 Å². The van der Waals surface area contributed by atoms with Gasteiger partial charge in [-0.05, 0) is 41.8 Å². The second kappa shape index (κ2) is 4.24. The third-order valence-electron chi connectivity index (χ3n) is 5.39. The first-order chi connectivity index (χ1) is 8.66. The minimum absolute atomic E-state index is 0.372. The van der Waals surface area contributed by atoms with E-state index >= 15 is 0 Å². The zero-order valence-corrected chi connectivity index (χ0v) is 11.5. The van der Waals surface area contributed by atoms with E-state index in [1.807, 2.05) is 0 Å². The van der Waals surface area contributed by atoms with Crippen molar-refractivity contribution in [2.45, 2.75) is 38.1 Å². The van der Waals surface area contributed by atoms with E-state index in [4.69, 9.17) is 0 Å². The average molecular weight is 241 g/mol. The van der Waals surface area contributed by atoms with Gasteiger partial charge in [0.15, 0.2) is 0 Å². The Balaban J connectivity index is 2.04. The van der Waals surface area contributed by atoms with Crippen molar-refractivity contribution < 1.29 is 0 Å². The molecule has 1 heterocycles. The van der Waals surface area contributed by atoms with Crippen LogP contribution in [0.5, 0.6) is 0 Å². The summed E-state index contributed by atoms with van der Waals surface area (Å²) in [7, 11) is 0. The van der Waals surface area contributed by atoms with Gasteiger partial charge in [-0.3, -0.25) is 4.90 Å². The highest BCUT2D eigenvalue weighted by atomic mass is 15.2. The predicted molar refractivity (Wildman–Crippen MR) is 76.8 cm³/mol. The Morgan fingerprint density at radius 1 is 1.44 bits per heavy atom. The molecule has 1 nitrogen and oxygen atoms in total.